The van der Waals surface area contributed by atoms with Crippen LogP contribution in [0.1, 0.15) is 15.9 Å². The lowest BCUT2D eigenvalue weighted by atomic mass is 10.1. The van der Waals surface area contributed by atoms with Crippen molar-refractivity contribution in [2.45, 2.75) is 0 Å². The van der Waals surface area contributed by atoms with E-state index < -0.39 is 0 Å². The van der Waals surface area contributed by atoms with Crippen molar-refractivity contribution in [3.05, 3.63) is 89.3 Å². The van der Waals surface area contributed by atoms with Gasteiger partial charge in [0.1, 0.15) is 10.9 Å². The van der Waals surface area contributed by atoms with E-state index in [-0.39, 0.29) is 5.91 Å². The minimum Gasteiger partial charge on any atom is -0.497 e. The largest absolute Gasteiger partial charge is 0.497 e. The molecule has 2 aromatic heterocycles. The van der Waals surface area contributed by atoms with Gasteiger partial charge in [-0.05, 0) is 48.5 Å². The maximum absolute atomic E-state index is 12.6. The van der Waals surface area contributed by atoms with Gasteiger partial charge >= 0.3 is 0 Å². The van der Waals surface area contributed by atoms with Crippen molar-refractivity contribution in [3.63, 3.8) is 0 Å². The summed E-state index contributed by atoms with van der Waals surface area (Å²) in [6.45, 7) is 0. The predicted molar refractivity (Wildman–Crippen MR) is 114 cm³/mol. The number of aromatic nitrogens is 2. The van der Waals surface area contributed by atoms with Crippen LogP contribution in [0.3, 0.4) is 0 Å². The van der Waals surface area contributed by atoms with Crippen LogP contribution in [0, 0.1) is 0 Å². The van der Waals surface area contributed by atoms with Crippen LogP contribution in [-0.4, -0.2) is 28.8 Å². The van der Waals surface area contributed by atoms with Gasteiger partial charge in [-0.3, -0.25) is 4.79 Å². The third kappa shape index (κ3) is 3.97. The molecule has 0 atom stereocenters. The number of carbonyl (C=O) groups is 1. The van der Waals surface area contributed by atoms with Crippen molar-refractivity contribution in [2.75, 3.05) is 7.11 Å². The SMILES string of the molecule is COc1ccc2nc(Cl)c(/C=N\NC(=O)c3ccccc3-n3cccc3)cc2c1. The molecule has 7 heteroatoms. The molecule has 0 fully saturated rings. The molecule has 0 aliphatic carbocycles. The molecule has 144 valence electrons. The van der Waals surface area contributed by atoms with E-state index in [0.717, 1.165) is 22.3 Å². The monoisotopic (exact) mass is 404 g/mol. The summed E-state index contributed by atoms with van der Waals surface area (Å²) in [7, 11) is 1.61. The second kappa shape index (κ2) is 8.16. The molecule has 0 aliphatic heterocycles. The van der Waals surface area contributed by atoms with Gasteiger partial charge in [-0.15, -0.1) is 0 Å². The molecular weight excluding hydrogens is 388 g/mol. The Morgan fingerprint density at radius 3 is 2.72 bits per heavy atom. The maximum atomic E-state index is 12.6. The fraction of sp³-hybridized carbons (Fsp3) is 0.0455. The number of benzene rings is 2. The zero-order chi connectivity index (χ0) is 20.2. The topological polar surface area (TPSA) is 68.5 Å². The fourth-order valence-electron chi connectivity index (χ4n) is 2.97. The normalized spacial score (nSPS) is 11.1. The van der Waals surface area contributed by atoms with E-state index in [4.69, 9.17) is 16.3 Å². The summed E-state index contributed by atoms with van der Waals surface area (Å²) >= 11 is 6.25. The van der Waals surface area contributed by atoms with Crippen LogP contribution in [0.2, 0.25) is 5.15 Å². The molecule has 0 saturated heterocycles. The Bertz CT molecular complexity index is 1200. The molecule has 1 amide bonds. The molecule has 4 aromatic rings. The van der Waals surface area contributed by atoms with E-state index in [2.05, 4.69) is 15.5 Å². The molecule has 0 aliphatic rings. The third-order valence-corrected chi connectivity index (χ3v) is 4.71. The van der Waals surface area contributed by atoms with Crippen molar-refractivity contribution >= 4 is 34.6 Å². The zero-order valence-corrected chi connectivity index (χ0v) is 16.3. The molecule has 4 rings (SSSR count). The van der Waals surface area contributed by atoms with Crippen molar-refractivity contribution < 1.29 is 9.53 Å². The van der Waals surface area contributed by atoms with Gasteiger partial charge in [0.2, 0.25) is 0 Å². The number of halogens is 1. The number of para-hydroxylation sites is 1. The molecule has 0 unspecified atom stereocenters. The van der Waals surface area contributed by atoms with Gasteiger partial charge < -0.3 is 9.30 Å². The first kappa shape index (κ1) is 18.7. The van der Waals surface area contributed by atoms with E-state index in [9.17, 15) is 4.79 Å². The zero-order valence-electron chi connectivity index (χ0n) is 15.5. The molecule has 1 N–H and O–H groups in total. The van der Waals surface area contributed by atoms with Gasteiger partial charge in [0.05, 0.1) is 30.1 Å². The number of ether oxygens (including phenoxy) is 1. The lowest BCUT2D eigenvalue weighted by Crippen LogP contribution is -2.19. The summed E-state index contributed by atoms with van der Waals surface area (Å²) < 4.78 is 7.11. The lowest BCUT2D eigenvalue weighted by molar-refractivity contribution is 0.0955. The summed E-state index contributed by atoms with van der Waals surface area (Å²) in [5.41, 5.74) is 5.16. The highest BCUT2D eigenvalue weighted by atomic mass is 35.5. The minimum absolute atomic E-state index is 0.299. The van der Waals surface area contributed by atoms with Crippen molar-refractivity contribution in [1.82, 2.24) is 15.0 Å². The Balaban J connectivity index is 1.56. The molecule has 0 spiro atoms. The highest BCUT2D eigenvalue weighted by Crippen LogP contribution is 2.23. The number of methoxy groups -OCH3 is 1. The van der Waals surface area contributed by atoms with E-state index >= 15 is 0 Å². The Morgan fingerprint density at radius 1 is 1.14 bits per heavy atom. The number of amides is 1. The molecule has 29 heavy (non-hydrogen) atoms. The first-order chi connectivity index (χ1) is 14.2. The average Bonchev–Trinajstić information content (AvgIpc) is 3.28. The van der Waals surface area contributed by atoms with Crippen molar-refractivity contribution in [1.29, 1.82) is 0 Å². The fourth-order valence-corrected chi connectivity index (χ4v) is 3.17. The Hall–Kier alpha value is -3.64. The van der Waals surface area contributed by atoms with Crippen LogP contribution >= 0.6 is 11.6 Å². The number of fused-ring (bicyclic) bond motifs is 1. The van der Waals surface area contributed by atoms with E-state index in [0.29, 0.717) is 16.3 Å². The van der Waals surface area contributed by atoms with Crippen LogP contribution in [0.4, 0.5) is 0 Å². The Labute approximate surface area is 172 Å². The summed E-state index contributed by atoms with van der Waals surface area (Å²) in [5, 5.41) is 5.22. The summed E-state index contributed by atoms with van der Waals surface area (Å²) in [6, 6.07) is 18.5. The number of nitrogens with one attached hydrogen (secondary N) is 1. The molecule has 2 aromatic carbocycles. The van der Waals surface area contributed by atoms with Crippen molar-refractivity contribution in [2.24, 2.45) is 5.10 Å². The molecule has 2 heterocycles. The van der Waals surface area contributed by atoms with Gasteiger partial charge in [-0.1, -0.05) is 23.7 Å². The maximum Gasteiger partial charge on any atom is 0.273 e. The smallest absolute Gasteiger partial charge is 0.273 e. The van der Waals surface area contributed by atoms with Gasteiger partial charge in [-0.25, -0.2) is 10.4 Å². The number of hydrogen-bond acceptors (Lipinski definition) is 4. The van der Waals surface area contributed by atoms with Crippen LogP contribution in [0.15, 0.2) is 78.2 Å². The molecule has 0 bridgehead atoms. The molecule has 0 saturated carbocycles. The highest BCUT2D eigenvalue weighted by molar-refractivity contribution is 6.32. The van der Waals surface area contributed by atoms with Crippen LogP contribution in [-0.2, 0) is 0 Å². The minimum atomic E-state index is -0.322. The Morgan fingerprint density at radius 2 is 1.93 bits per heavy atom. The molecular formula is C22H17ClN4O2. The number of hydrogen-bond donors (Lipinski definition) is 1. The summed E-state index contributed by atoms with van der Waals surface area (Å²) in [6.07, 6.45) is 5.23. The number of hydrazone groups is 1. The van der Waals surface area contributed by atoms with Gasteiger partial charge in [-0.2, -0.15) is 5.10 Å². The number of rotatable bonds is 5. The third-order valence-electron chi connectivity index (χ3n) is 4.40. The van der Waals surface area contributed by atoms with Crippen molar-refractivity contribution in [3.8, 4) is 11.4 Å². The molecule has 0 radical (unpaired) electrons. The molecule has 6 nitrogen and oxygen atoms in total. The average molecular weight is 405 g/mol. The Kier molecular flexibility index (Phi) is 5.27. The van der Waals surface area contributed by atoms with E-state index in [1.165, 1.54) is 6.21 Å². The summed E-state index contributed by atoms with van der Waals surface area (Å²) in [5.74, 6) is 0.400. The lowest BCUT2D eigenvalue weighted by Gasteiger charge is -2.09. The van der Waals surface area contributed by atoms with Gasteiger partial charge in [0.15, 0.2) is 0 Å². The standard InChI is InChI=1S/C22H17ClN4O2/c1-29-17-8-9-19-15(13-17)12-16(21(23)25-19)14-24-26-22(28)18-6-2-3-7-20(18)27-10-4-5-11-27/h2-14H,1H3,(H,26,28)/b24-14-. The second-order valence-corrected chi connectivity index (χ2v) is 6.59. The highest BCUT2D eigenvalue weighted by Gasteiger charge is 2.11. The number of nitrogens with zero attached hydrogens (tertiary/aromatic N) is 3. The van der Waals surface area contributed by atoms with Gasteiger partial charge in [0, 0.05) is 23.3 Å². The van der Waals surface area contributed by atoms with Gasteiger partial charge in [0.25, 0.3) is 5.91 Å². The quantitative estimate of drug-likeness (QED) is 0.303. The second-order valence-electron chi connectivity index (χ2n) is 6.23. The van der Waals surface area contributed by atoms with Crippen LogP contribution in [0.5, 0.6) is 5.75 Å². The number of pyridine rings is 1. The van der Waals surface area contributed by atoms with E-state index in [1.54, 1.807) is 13.2 Å². The first-order valence-corrected chi connectivity index (χ1v) is 9.23. The van der Waals surface area contributed by atoms with E-state index in [1.807, 2.05) is 71.6 Å². The number of carbonyl (C=O) groups excluding carboxylic acids is 1. The van der Waals surface area contributed by atoms with Crippen LogP contribution < -0.4 is 10.2 Å². The van der Waals surface area contributed by atoms with Crippen LogP contribution in [0.25, 0.3) is 16.6 Å². The first-order valence-electron chi connectivity index (χ1n) is 8.86. The predicted octanol–water partition coefficient (Wildman–Crippen LogP) is 4.45. The summed E-state index contributed by atoms with van der Waals surface area (Å²) in [4.78, 5) is 17.0.